The summed E-state index contributed by atoms with van der Waals surface area (Å²) in [6.45, 7) is 4.47. The zero-order valence-electron chi connectivity index (χ0n) is 14.9. The molecule has 1 aliphatic rings. The molecule has 2 aromatic carbocycles. The first-order chi connectivity index (χ1) is 12.4. The van der Waals surface area contributed by atoms with Gasteiger partial charge >= 0.3 is 5.69 Å². The van der Waals surface area contributed by atoms with Gasteiger partial charge in [-0.15, -0.1) is 0 Å². The highest BCUT2D eigenvalue weighted by Gasteiger charge is 2.42. The minimum Gasteiger partial charge on any atom is -0.485 e. The third-order valence-electron chi connectivity index (χ3n) is 5.00. The first kappa shape index (κ1) is 16.9. The van der Waals surface area contributed by atoms with Crippen LogP contribution in [0, 0.1) is 0 Å². The monoisotopic (exact) mass is 353 g/mol. The first-order valence-electron chi connectivity index (χ1n) is 8.84. The smallest absolute Gasteiger partial charge is 0.323 e. The van der Waals surface area contributed by atoms with Gasteiger partial charge in [0.05, 0.1) is 17.1 Å². The van der Waals surface area contributed by atoms with E-state index in [1.54, 1.807) is 0 Å². The molecule has 1 aromatic heterocycles. The molecule has 4 rings (SSSR count). The lowest BCUT2D eigenvalue weighted by Crippen LogP contribution is -2.52. The zero-order chi connectivity index (χ0) is 18.3. The standard InChI is InChI=1S/C20H23N3O3/c1-20(2)18(24)17(21-9-8-12-6-4-3-5-7-12)13-10-14-15(11-16(13)26-20)23-19(25)22-14/h3-7,10-11,17-18,21,24H,8-9H2,1-2H3,(H2,22,23,25). The molecule has 2 atom stereocenters. The van der Waals surface area contributed by atoms with Gasteiger partial charge in [0.1, 0.15) is 17.5 Å². The fourth-order valence-electron chi connectivity index (χ4n) is 3.56. The van der Waals surface area contributed by atoms with Crippen LogP contribution in [-0.4, -0.2) is 33.3 Å². The molecule has 0 spiro atoms. The third kappa shape index (κ3) is 3.02. The van der Waals surface area contributed by atoms with Gasteiger partial charge in [-0.1, -0.05) is 30.3 Å². The number of nitrogens with one attached hydrogen (secondary N) is 3. The van der Waals surface area contributed by atoms with Crippen LogP contribution in [0.3, 0.4) is 0 Å². The second kappa shape index (κ2) is 6.30. The predicted molar refractivity (Wildman–Crippen MR) is 101 cm³/mol. The summed E-state index contributed by atoms with van der Waals surface area (Å²) in [4.78, 5) is 17.1. The molecule has 0 fully saturated rings. The Morgan fingerprint density at radius 2 is 1.85 bits per heavy atom. The molecule has 136 valence electrons. The van der Waals surface area contributed by atoms with Crippen molar-refractivity contribution in [1.82, 2.24) is 15.3 Å². The van der Waals surface area contributed by atoms with Gasteiger partial charge < -0.3 is 25.1 Å². The molecule has 0 saturated heterocycles. The van der Waals surface area contributed by atoms with E-state index < -0.39 is 11.7 Å². The molecule has 26 heavy (non-hydrogen) atoms. The van der Waals surface area contributed by atoms with Crippen LogP contribution in [0.1, 0.15) is 31.0 Å². The van der Waals surface area contributed by atoms with E-state index in [9.17, 15) is 9.90 Å². The molecule has 2 heterocycles. The molecule has 0 bridgehead atoms. The summed E-state index contributed by atoms with van der Waals surface area (Å²) in [6, 6.07) is 13.7. The van der Waals surface area contributed by atoms with E-state index in [4.69, 9.17) is 4.74 Å². The van der Waals surface area contributed by atoms with Gasteiger partial charge in [0, 0.05) is 11.6 Å². The Morgan fingerprint density at radius 3 is 2.58 bits per heavy atom. The maximum Gasteiger partial charge on any atom is 0.323 e. The van der Waals surface area contributed by atoms with Crippen LogP contribution in [0.2, 0.25) is 0 Å². The number of H-pyrrole nitrogens is 2. The van der Waals surface area contributed by atoms with Crippen LogP contribution in [0.5, 0.6) is 5.75 Å². The SMILES string of the molecule is CC1(C)Oc2cc3[nH]c(=O)[nH]c3cc2C(NCCc2ccccc2)C1O. The molecule has 0 amide bonds. The minimum absolute atomic E-state index is 0.254. The van der Waals surface area contributed by atoms with E-state index in [0.29, 0.717) is 16.8 Å². The van der Waals surface area contributed by atoms with Gasteiger partial charge in [0.25, 0.3) is 0 Å². The number of aliphatic hydroxyl groups is 1. The molecule has 6 heteroatoms. The molecule has 0 radical (unpaired) electrons. The number of benzene rings is 2. The van der Waals surface area contributed by atoms with Crippen molar-refractivity contribution in [1.29, 1.82) is 0 Å². The largest absolute Gasteiger partial charge is 0.485 e. The molecule has 3 aromatic rings. The molecule has 4 N–H and O–H groups in total. The normalized spacial score (nSPS) is 21.3. The van der Waals surface area contributed by atoms with E-state index in [1.807, 2.05) is 44.2 Å². The van der Waals surface area contributed by atoms with Crippen LogP contribution in [0.25, 0.3) is 11.0 Å². The lowest BCUT2D eigenvalue weighted by Gasteiger charge is -2.42. The van der Waals surface area contributed by atoms with Crippen LogP contribution in [-0.2, 0) is 6.42 Å². The Balaban J connectivity index is 1.64. The Bertz CT molecular complexity index is 975. The van der Waals surface area contributed by atoms with Crippen LogP contribution < -0.4 is 15.7 Å². The molecule has 6 nitrogen and oxygen atoms in total. The van der Waals surface area contributed by atoms with Crippen molar-refractivity contribution < 1.29 is 9.84 Å². The fourth-order valence-corrected chi connectivity index (χ4v) is 3.56. The number of fused-ring (bicyclic) bond motifs is 2. The molecule has 0 aliphatic carbocycles. The summed E-state index contributed by atoms with van der Waals surface area (Å²) in [7, 11) is 0. The van der Waals surface area contributed by atoms with Gasteiger partial charge in [-0.25, -0.2) is 4.79 Å². The Kier molecular flexibility index (Phi) is 4.09. The number of ether oxygens (including phenoxy) is 1. The van der Waals surface area contributed by atoms with E-state index in [-0.39, 0.29) is 11.7 Å². The molecule has 0 saturated carbocycles. The van der Waals surface area contributed by atoms with Crippen LogP contribution >= 0.6 is 0 Å². The van der Waals surface area contributed by atoms with Crippen molar-refractivity contribution in [3.63, 3.8) is 0 Å². The quantitative estimate of drug-likeness (QED) is 0.579. The maximum atomic E-state index is 11.6. The summed E-state index contributed by atoms with van der Waals surface area (Å²) in [6.07, 6.45) is 0.151. The number of aromatic amines is 2. The molecule has 1 aliphatic heterocycles. The lowest BCUT2D eigenvalue weighted by atomic mass is 9.86. The predicted octanol–water partition coefficient (Wildman–Crippen LogP) is 2.26. The Morgan fingerprint density at radius 1 is 1.15 bits per heavy atom. The average Bonchev–Trinajstić information content (AvgIpc) is 2.96. The molecular weight excluding hydrogens is 330 g/mol. The number of rotatable bonds is 4. The second-order valence-electron chi connectivity index (χ2n) is 7.33. The van der Waals surface area contributed by atoms with Gasteiger partial charge in [-0.2, -0.15) is 0 Å². The highest BCUT2D eigenvalue weighted by atomic mass is 16.5. The van der Waals surface area contributed by atoms with Gasteiger partial charge in [-0.05, 0) is 38.4 Å². The number of hydrogen-bond acceptors (Lipinski definition) is 4. The Hall–Kier alpha value is -2.57. The van der Waals surface area contributed by atoms with E-state index in [1.165, 1.54) is 5.56 Å². The average molecular weight is 353 g/mol. The second-order valence-corrected chi connectivity index (χ2v) is 7.33. The Labute approximate surface area is 151 Å². The van der Waals surface area contributed by atoms with E-state index in [0.717, 1.165) is 18.5 Å². The maximum absolute atomic E-state index is 11.6. The van der Waals surface area contributed by atoms with Crippen molar-refractivity contribution in [2.45, 2.75) is 38.0 Å². The van der Waals surface area contributed by atoms with Crippen molar-refractivity contribution in [3.05, 3.63) is 64.1 Å². The van der Waals surface area contributed by atoms with Crippen molar-refractivity contribution >= 4 is 11.0 Å². The first-order valence-corrected chi connectivity index (χ1v) is 8.84. The van der Waals surface area contributed by atoms with Gasteiger partial charge in [0.15, 0.2) is 0 Å². The number of aromatic nitrogens is 2. The molecular formula is C20H23N3O3. The van der Waals surface area contributed by atoms with Crippen LogP contribution in [0.4, 0.5) is 0 Å². The highest BCUT2D eigenvalue weighted by molar-refractivity contribution is 5.78. The van der Waals surface area contributed by atoms with Gasteiger partial charge in [0.2, 0.25) is 0 Å². The summed E-state index contributed by atoms with van der Waals surface area (Å²) in [5.41, 5.74) is 2.51. The van der Waals surface area contributed by atoms with Crippen molar-refractivity contribution in [2.75, 3.05) is 6.54 Å². The lowest BCUT2D eigenvalue weighted by molar-refractivity contribution is -0.0642. The highest BCUT2D eigenvalue weighted by Crippen LogP contribution is 2.41. The minimum atomic E-state index is -0.734. The van der Waals surface area contributed by atoms with Crippen molar-refractivity contribution in [3.8, 4) is 5.75 Å². The zero-order valence-corrected chi connectivity index (χ0v) is 14.9. The summed E-state index contributed by atoms with van der Waals surface area (Å²) in [5, 5.41) is 14.3. The third-order valence-corrected chi connectivity index (χ3v) is 5.00. The van der Waals surface area contributed by atoms with Gasteiger partial charge in [-0.3, -0.25) is 0 Å². The molecule has 2 unspecified atom stereocenters. The number of hydrogen-bond donors (Lipinski definition) is 4. The van der Waals surface area contributed by atoms with Crippen LogP contribution in [0.15, 0.2) is 47.3 Å². The fraction of sp³-hybridized carbons (Fsp3) is 0.350. The van der Waals surface area contributed by atoms with E-state index >= 15 is 0 Å². The topological polar surface area (TPSA) is 90.1 Å². The summed E-state index contributed by atoms with van der Waals surface area (Å²) < 4.78 is 6.02. The summed E-state index contributed by atoms with van der Waals surface area (Å²) in [5.74, 6) is 0.681. The number of imidazole rings is 1. The number of aliphatic hydroxyl groups excluding tert-OH is 1. The van der Waals surface area contributed by atoms with Crippen molar-refractivity contribution in [2.24, 2.45) is 0 Å². The van der Waals surface area contributed by atoms with E-state index in [2.05, 4.69) is 27.4 Å². The summed E-state index contributed by atoms with van der Waals surface area (Å²) >= 11 is 0.